The molecule has 1 aromatic carbocycles. The molecule has 1 saturated heterocycles. The lowest BCUT2D eigenvalue weighted by atomic mass is 10.1. The maximum Gasteiger partial charge on any atom is 0.332 e. The fourth-order valence-corrected chi connectivity index (χ4v) is 5.70. The van der Waals surface area contributed by atoms with Gasteiger partial charge in [-0.2, -0.15) is 0 Å². The highest BCUT2D eigenvalue weighted by Crippen LogP contribution is 2.27. The smallest absolute Gasteiger partial charge is 0.332 e. The number of likely N-dealkylation sites (tertiary alicyclic amines) is 1. The number of ether oxygens (including phenoxy) is 1. The molecule has 5 rings (SSSR count). The van der Waals surface area contributed by atoms with Gasteiger partial charge in [-0.1, -0.05) is 6.92 Å². The van der Waals surface area contributed by atoms with E-state index in [2.05, 4.69) is 9.98 Å². The summed E-state index contributed by atoms with van der Waals surface area (Å²) in [5.41, 5.74) is 0.790. The molecule has 0 spiro atoms. The zero-order valence-electron chi connectivity index (χ0n) is 25.4. The van der Waals surface area contributed by atoms with Crippen molar-refractivity contribution in [3.63, 3.8) is 0 Å². The van der Waals surface area contributed by atoms with Gasteiger partial charge in [-0.3, -0.25) is 28.4 Å². The van der Waals surface area contributed by atoms with E-state index in [0.29, 0.717) is 74.6 Å². The number of aliphatic imine (C=N–C) groups is 1. The molecule has 1 fully saturated rings. The van der Waals surface area contributed by atoms with E-state index in [1.54, 1.807) is 24.1 Å². The number of rotatable bonds is 13. The molecule has 0 aliphatic carbocycles. The SMILES string of the molecule is CCCn1c2c(c(=O)n(CCCOC)c1=O)CC(c1ccc(N(CCCN3CCCC3=O)C(=O)c3ccc(F)c(F)c3)nc1)=N2. The number of anilines is 1. The minimum Gasteiger partial charge on any atom is -0.385 e. The van der Waals surface area contributed by atoms with Crippen LogP contribution in [0.3, 0.4) is 0 Å². The van der Waals surface area contributed by atoms with Gasteiger partial charge in [-0.15, -0.1) is 0 Å². The van der Waals surface area contributed by atoms with E-state index < -0.39 is 23.2 Å². The number of methoxy groups -OCH3 is 1. The molecular formula is C32H36F2N6O5. The average Bonchev–Trinajstić information content (AvgIpc) is 3.67. The first-order valence-corrected chi connectivity index (χ1v) is 15.2. The van der Waals surface area contributed by atoms with Gasteiger partial charge >= 0.3 is 5.69 Å². The first-order chi connectivity index (χ1) is 21.7. The number of hydrogen-bond donors (Lipinski definition) is 0. The number of aromatic nitrogens is 3. The Labute approximate surface area is 258 Å². The van der Waals surface area contributed by atoms with Crippen LogP contribution >= 0.6 is 0 Å². The van der Waals surface area contributed by atoms with E-state index in [1.165, 1.54) is 26.3 Å². The average molecular weight is 623 g/mol. The third kappa shape index (κ3) is 6.77. The molecule has 0 radical (unpaired) electrons. The Morgan fingerprint density at radius 1 is 1.02 bits per heavy atom. The molecule has 0 N–H and O–H groups in total. The van der Waals surface area contributed by atoms with Crippen LogP contribution in [0.2, 0.25) is 0 Å². The molecule has 13 heteroatoms. The monoisotopic (exact) mass is 622 g/mol. The van der Waals surface area contributed by atoms with Crippen molar-refractivity contribution in [2.24, 2.45) is 4.99 Å². The highest BCUT2D eigenvalue weighted by molar-refractivity contribution is 6.07. The maximum absolute atomic E-state index is 14.0. The predicted octanol–water partition coefficient (Wildman–Crippen LogP) is 3.47. The molecule has 45 heavy (non-hydrogen) atoms. The van der Waals surface area contributed by atoms with Gasteiger partial charge in [0.15, 0.2) is 11.6 Å². The fourth-order valence-electron chi connectivity index (χ4n) is 5.70. The number of amides is 2. The van der Waals surface area contributed by atoms with Gasteiger partial charge in [0.05, 0.1) is 11.3 Å². The van der Waals surface area contributed by atoms with Crippen LogP contribution in [0.15, 0.2) is 51.1 Å². The molecule has 2 aliphatic rings. The van der Waals surface area contributed by atoms with E-state index in [-0.39, 0.29) is 42.4 Å². The second-order valence-electron chi connectivity index (χ2n) is 11.1. The zero-order chi connectivity index (χ0) is 32.1. The maximum atomic E-state index is 14.0. The van der Waals surface area contributed by atoms with Crippen LogP contribution in [0, 0.1) is 11.6 Å². The third-order valence-electron chi connectivity index (χ3n) is 8.00. The standard InChI is InChI=1S/C32H36F2N6O5/c1-3-12-39-29-23(31(43)40(32(39)44)16-6-17-45-2)19-26(36-29)22-9-11-27(35-20-22)38(15-5-14-37-13-4-7-28(37)41)30(42)21-8-10-24(33)25(34)18-21/h8-11,18,20H,3-7,12-17,19H2,1-2H3. The number of pyridine rings is 1. The molecule has 238 valence electrons. The lowest BCUT2D eigenvalue weighted by Crippen LogP contribution is -2.41. The summed E-state index contributed by atoms with van der Waals surface area (Å²) in [6.07, 6.45) is 4.70. The molecule has 0 saturated carbocycles. The quantitative estimate of drug-likeness (QED) is 0.270. The van der Waals surface area contributed by atoms with Gasteiger partial charge in [0.2, 0.25) is 5.91 Å². The van der Waals surface area contributed by atoms with E-state index >= 15 is 0 Å². The molecule has 3 aromatic rings. The summed E-state index contributed by atoms with van der Waals surface area (Å²) in [5, 5.41) is 0. The van der Waals surface area contributed by atoms with Crippen molar-refractivity contribution in [2.45, 2.75) is 58.5 Å². The molecule has 2 aromatic heterocycles. The number of carbonyl (C=O) groups is 2. The van der Waals surface area contributed by atoms with Crippen LogP contribution < -0.4 is 16.1 Å². The summed E-state index contributed by atoms with van der Waals surface area (Å²) in [4.78, 5) is 64.4. The Kier molecular flexibility index (Phi) is 9.96. The summed E-state index contributed by atoms with van der Waals surface area (Å²) < 4.78 is 35.5. The van der Waals surface area contributed by atoms with Crippen LogP contribution in [0.25, 0.3) is 0 Å². The second-order valence-corrected chi connectivity index (χ2v) is 11.1. The highest BCUT2D eigenvalue weighted by atomic mass is 19.2. The Balaban J connectivity index is 1.41. The van der Waals surface area contributed by atoms with Crippen LogP contribution in [0.5, 0.6) is 0 Å². The van der Waals surface area contributed by atoms with Gasteiger partial charge < -0.3 is 9.64 Å². The van der Waals surface area contributed by atoms with Crippen molar-refractivity contribution >= 4 is 29.2 Å². The largest absolute Gasteiger partial charge is 0.385 e. The zero-order valence-corrected chi connectivity index (χ0v) is 25.4. The van der Waals surface area contributed by atoms with Gasteiger partial charge in [0, 0.05) is 76.6 Å². The Morgan fingerprint density at radius 3 is 2.51 bits per heavy atom. The second kappa shape index (κ2) is 14.1. The summed E-state index contributed by atoms with van der Waals surface area (Å²) >= 11 is 0. The first-order valence-electron chi connectivity index (χ1n) is 15.2. The van der Waals surface area contributed by atoms with E-state index in [1.807, 2.05) is 6.92 Å². The van der Waals surface area contributed by atoms with Crippen molar-refractivity contribution in [2.75, 3.05) is 38.3 Å². The Bertz CT molecular complexity index is 1730. The van der Waals surface area contributed by atoms with E-state index in [0.717, 1.165) is 18.6 Å². The van der Waals surface area contributed by atoms with Crippen molar-refractivity contribution in [1.29, 1.82) is 0 Å². The molecule has 2 amide bonds. The molecule has 0 unspecified atom stereocenters. The number of halogens is 2. The Morgan fingerprint density at radius 2 is 1.84 bits per heavy atom. The van der Waals surface area contributed by atoms with Gasteiger partial charge in [0.1, 0.15) is 11.6 Å². The van der Waals surface area contributed by atoms with Crippen molar-refractivity contribution < 1.29 is 23.1 Å². The summed E-state index contributed by atoms with van der Waals surface area (Å²) in [6, 6.07) is 6.32. The van der Waals surface area contributed by atoms with E-state index in [9.17, 15) is 28.0 Å². The van der Waals surface area contributed by atoms with Gasteiger partial charge in [-0.05, 0) is 56.0 Å². The number of benzene rings is 1. The number of hydrogen-bond acceptors (Lipinski definition) is 7. The lowest BCUT2D eigenvalue weighted by molar-refractivity contribution is -0.127. The summed E-state index contributed by atoms with van der Waals surface area (Å²) in [6.45, 7) is 4.31. The van der Waals surface area contributed by atoms with E-state index in [4.69, 9.17) is 4.74 Å². The van der Waals surface area contributed by atoms with Gasteiger partial charge in [0.25, 0.3) is 11.5 Å². The number of carbonyl (C=O) groups excluding carboxylic acids is 2. The lowest BCUT2D eigenvalue weighted by Gasteiger charge is -2.24. The molecule has 11 nitrogen and oxygen atoms in total. The van der Waals surface area contributed by atoms with Crippen LogP contribution in [-0.2, 0) is 29.0 Å². The minimum atomic E-state index is -1.13. The Hall–Kier alpha value is -4.52. The number of nitrogens with zero attached hydrogens (tertiary/aromatic N) is 6. The molecule has 4 heterocycles. The molecule has 0 atom stereocenters. The number of fused-ring (bicyclic) bond motifs is 1. The molecule has 0 bridgehead atoms. The first kappa shape index (κ1) is 31.9. The van der Waals surface area contributed by atoms with Crippen molar-refractivity contribution in [3.8, 4) is 0 Å². The van der Waals surface area contributed by atoms with Crippen LogP contribution in [-0.4, -0.2) is 69.9 Å². The summed E-state index contributed by atoms with van der Waals surface area (Å²) in [7, 11) is 1.56. The summed E-state index contributed by atoms with van der Waals surface area (Å²) in [5.74, 6) is -2.06. The highest BCUT2D eigenvalue weighted by Gasteiger charge is 2.27. The topological polar surface area (TPSA) is 119 Å². The van der Waals surface area contributed by atoms with Crippen LogP contribution in [0.4, 0.5) is 20.4 Å². The van der Waals surface area contributed by atoms with Crippen LogP contribution in [0.1, 0.15) is 60.5 Å². The van der Waals surface area contributed by atoms with Crippen molar-refractivity contribution in [1.82, 2.24) is 19.0 Å². The fraction of sp³-hybridized carbons (Fsp3) is 0.438. The van der Waals surface area contributed by atoms with Crippen molar-refractivity contribution in [3.05, 3.63) is 85.7 Å². The van der Waals surface area contributed by atoms with Gasteiger partial charge in [-0.25, -0.2) is 23.6 Å². The molecule has 2 aliphatic heterocycles. The predicted molar refractivity (Wildman–Crippen MR) is 164 cm³/mol. The molecular weight excluding hydrogens is 586 g/mol. The normalized spacial score (nSPS) is 14.2. The minimum absolute atomic E-state index is 0.0386. The third-order valence-corrected chi connectivity index (χ3v) is 8.00.